The zero-order valence-corrected chi connectivity index (χ0v) is 15.1. The molecule has 2 rings (SSSR count). The summed E-state index contributed by atoms with van der Waals surface area (Å²) >= 11 is 0. The topological polar surface area (TPSA) is 93.4 Å². The van der Waals surface area contributed by atoms with E-state index in [4.69, 9.17) is 9.26 Å². The third kappa shape index (κ3) is 6.40. The van der Waals surface area contributed by atoms with Crippen molar-refractivity contribution >= 4 is 6.03 Å². The van der Waals surface area contributed by atoms with Crippen LogP contribution >= 0.6 is 0 Å². The SMILES string of the molecule is CC(C)Cc1nc(CN(C)C(=O)NC[C@@H](C)Oc2cccnc2)no1. The van der Waals surface area contributed by atoms with Crippen molar-refractivity contribution in [2.24, 2.45) is 5.92 Å². The van der Waals surface area contributed by atoms with Crippen LogP contribution in [0, 0.1) is 5.92 Å². The number of nitrogens with one attached hydrogen (secondary N) is 1. The Hall–Kier alpha value is -2.64. The van der Waals surface area contributed by atoms with E-state index in [9.17, 15) is 4.79 Å². The van der Waals surface area contributed by atoms with Crippen molar-refractivity contribution < 1.29 is 14.1 Å². The third-order valence-electron chi connectivity index (χ3n) is 3.33. The van der Waals surface area contributed by atoms with Crippen molar-refractivity contribution in [1.82, 2.24) is 25.3 Å². The van der Waals surface area contributed by atoms with Crippen LogP contribution in [0.25, 0.3) is 0 Å². The van der Waals surface area contributed by atoms with Gasteiger partial charge in [-0.1, -0.05) is 19.0 Å². The monoisotopic (exact) mass is 347 g/mol. The molecular formula is C17H25N5O3. The van der Waals surface area contributed by atoms with Gasteiger partial charge in [0, 0.05) is 19.7 Å². The molecule has 2 aromatic heterocycles. The number of pyridine rings is 1. The summed E-state index contributed by atoms with van der Waals surface area (Å²) in [5, 5.41) is 6.72. The Labute approximate surface area is 147 Å². The Balaban J connectivity index is 1.75. The molecule has 1 atom stereocenters. The number of aromatic nitrogens is 3. The van der Waals surface area contributed by atoms with Gasteiger partial charge < -0.3 is 19.5 Å². The van der Waals surface area contributed by atoms with Gasteiger partial charge in [0.1, 0.15) is 11.9 Å². The molecule has 0 aliphatic rings. The fourth-order valence-corrected chi connectivity index (χ4v) is 2.13. The van der Waals surface area contributed by atoms with Crippen molar-refractivity contribution in [3.8, 4) is 5.75 Å². The van der Waals surface area contributed by atoms with Gasteiger partial charge in [0.15, 0.2) is 5.82 Å². The fourth-order valence-electron chi connectivity index (χ4n) is 2.13. The van der Waals surface area contributed by atoms with Crippen LogP contribution in [-0.4, -0.2) is 45.8 Å². The first-order valence-corrected chi connectivity index (χ1v) is 8.31. The van der Waals surface area contributed by atoms with E-state index in [1.165, 1.54) is 4.90 Å². The van der Waals surface area contributed by atoms with Crippen LogP contribution in [0.2, 0.25) is 0 Å². The van der Waals surface area contributed by atoms with Crippen LogP contribution in [-0.2, 0) is 13.0 Å². The number of carbonyl (C=O) groups is 1. The number of urea groups is 1. The number of carbonyl (C=O) groups excluding carboxylic acids is 1. The second-order valence-corrected chi connectivity index (χ2v) is 6.36. The molecule has 0 fully saturated rings. The van der Waals surface area contributed by atoms with E-state index in [-0.39, 0.29) is 18.7 Å². The molecule has 0 aromatic carbocycles. The number of nitrogens with zero attached hydrogens (tertiary/aromatic N) is 4. The van der Waals surface area contributed by atoms with Crippen LogP contribution in [0.1, 0.15) is 32.5 Å². The molecule has 2 heterocycles. The molecule has 0 radical (unpaired) electrons. The normalized spacial score (nSPS) is 12.0. The summed E-state index contributed by atoms with van der Waals surface area (Å²) in [6.45, 7) is 6.70. The lowest BCUT2D eigenvalue weighted by Gasteiger charge is -2.19. The minimum atomic E-state index is -0.225. The van der Waals surface area contributed by atoms with E-state index >= 15 is 0 Å². The smallest absolute Gasteiger partial charge is 0.317 e. The highest BCUT2D eigenvalue weighted by molar-refractivity contribution is 5.73. The first-order valence-electron chi connectivity index (χ1n) is 8.31. The second kappa shape index (κ2) is 9.00. The quantitative estimate of drug-likeness (QED) is 0.787. The van der Waals surface area contributed by atoms with E-state index < -0.39 is 0 Å². The van der Waals surface area contributed by atoms with Crippen molar-refractivity contribution in [3.63, 3.8) is 0 Å². The maximum absolute atomic E-state index is 12.1. The molecule has 1 N–H and O–H groups in total. The molecule has 2 amide bonds. The first kappa shape index (κ1) is 18.7. The second-order valence-electron chi connectivity index (χ2n) is 6.36. The number of rotatable bonds is 8. The Morgan fingerprint density at radius 3 is 2.88 bits per heavy atom. The molecule has 0 saturated carbocycles. The van der Waals surface area contributed by atoms with Gasteiger partial charge in [0.25, 0.3) is 0 Å². The molecule has 0 aliphatic heterocycles. The standard InChI is InChI=1S/C17H25N5O3/c1-12(2)8-16-20-15(21-25-16)11-22(4)17(23)19-9-13(3)24-14-6-5-7-18-10-14/h5-7,10,12-13H,8-9,11H2,1-4H3,(H,19,23)/t13-/m1/s1. The summed E-state index contributed by atoms with van der Waals surface area (Å²) in [5.41, 5.74) is 0. The fraction of sp³-hybridized carbons (Fsp3) is 0.529. The van der Waals surface area contributed by atoms with E-state index in [0.29, 0.717) is 29.9 Å². The van der Waals surface area contributed by atoms with Gasteiger partial charge in [-0.25, -0.2) is 4.79 Å². The highest BCUT2D eigenvalue weighted by Gasteiger charge is 2.15. The lowest BCUT2D eigenvalue weighted by atomic mass is 10.1. The Morgan fingerprint density at radius 1 is 1.40 bits per heavy atom. The van der Waals surface area contributed by atoms with Gasteiger partial charge in [-0.2, -0.15) is 4.98 Å². The van der Waals surface area contributed by atoms with Crippen LogP contribution in [0.15, 0.2) is 29.0 Å². The van der Waals surface area contributed by atoms with Gasteiger partial charge in [-0.3, -0.25) is 4.98 Å². The lowest BCUT2D eigenvalue weighted by Crippen LogP contribution is -2.41. The highest BCUT2D eigenvalue weighted by Crippen LogP contribution is 2.09. The Kier molecular flexibility index (Phi) is 6.73. The predicted molar refractivity (Wildman–Crippen MR) is 92.0 cm³/mol. The molecule has 0 saturated heterocycles. The molecule has 25 heavy (non-hydrogen) atoms. The highest BCUT2D eigenvalue weighted by atomic mass is 16.5. The minimum absolute atomic E-state index is 0.177. The predicted octanol–water partition coefficient (Wildman–Crippen LogP) is 2.27. The van der Waals surface area contributed by atoms with E-state index in [1.54, 1.807) is 25.5 Å². The summed E-state index contributed by atoms with van der Waals surface area (Å²) in [7, 11) is 1.68. The van der Waals surface area contributed by atoms with Crippen LogP contribution in [0.5, 0.6) is 5.75 Å². The number of amides is 2. The van der Waals surface area contributed by atoms with Crippen LogP contribution in [0.4, 0.5) is 4.79 Å². The Bertz CT molecular complexity index is 659. The van der Waals surface area contributed by atoms with Gasteiger partial charge in [0.05, 0.1) is 19.3 Å². The van der Waals surface area contributed by atoms with Crippen molar-refractivity contribution in [2.45, 2.75) is 39.8 Å². The average molecular weight is 347 g/mol. The van der Waals surface area contributed by atoms with Gasteiger partial charge in [0.2, 0.25) is 5.89 Å². The molecule has 8 heteroatoms. The number of hydrogen-bond donors (Lipinski definition) is 1. The maximum Gasteiger partial charge on any atom is 0.317 e. The number of ether oxygens (including phenoxy) is 1. The summed E-state index contributed by atoms with van der Waals surface area (Å²) in [4.78, 5) is 21.9. The zero-order valence-electron chi connectivity index (χ0n) is 15.1. The first-order chi connectivity index (χ1) is 11.9. The van der Waals surface area contributed by atoms with E-state index in [1.807, 2.05) is 13.0 Å². The van der Waals surface area contributed by atoms with E-state index in [0.717, 1.165) is 6.42 Å². The summed E-state index contributed by atoms with van der Waals surface area (Å²) in [6, 6.07) is 3.40. The van der Waals surface area contributed by atoms with Crippen molar-refractivity contribution in [3.05, 3.63) is 36.2 Å². The maximum atomic E-state index is 12.1. The van der Waals surface area contributed by atoms with Crippen molar-refractivity contribution in [2.75, 3.05) is 13.6 Å². The molecule has 8 nitrogen and oxygen atoms in total. The number of hydrogen-bond acceptors (Lipinski definition) is 6. The largest absolute Gasteiger partial charge is 0.487 e. The molecule has 0 aliphatic carbocycles. The molecule has 0 bridgehead atoms. The molecule has 136 valence electrons. The molecule has 0 unspecified atom stereocenters. The van der Waals surface area contributed by atoms with Crippen molar-refractivity contribution in [1.29, 1.82) is 0 Å². The molecule has 0 spiro atoms. The average Bonchev–Trinajstić information content (AvgIpc) is 2.99. The minimum Gasteiger partial charge on any atom is -0.487 e. The van der Waals surface area contributed by atoms with E-state index in [2.05, 4.69) is 34.3 Å². The third-order valence-corrected chi connectivity index (χ3v) is 3.33. The van der Waals surface area contributed by atoms with Gasteiger partial charge >= 0.3 is 6.03 Å². The molecular weight excluding hydrogens is 322 g/mol. The molecule has 2 aromatic rings. The zero-order chi connectivity index (χ0) is 18.2. The lowest BCUT2D eigenvalue weighted by molar-refractivity contribution is 0.187. The Morgan fingerprint density at radius 2 is 2.20 bits per heavy atom. The summed E-state index contributed by atoms with van der Waals surface area (Å²) in [5.74, 6) is 2.20. The van der Waals surface area contributed by atoms with Crippen LogP contribution < -0.4 is 10.1 Å². The van der Waals surface area contributed by atoms with Crippen LogP contribution in [0.3, 0.4) is 0 Å². The summed E-state index contributed by atoms with van der Waals surface area (Å²) < 4.78 is 10.8. The van der Waals surface area contributed by atoms with Gasteiger partial charge in [-0.05, 0) is 25.0 Å². The van der Waals surface area contributed by atoms with Gasteiger partial charge in [-0.15, -0.1) is 0 Å². The summed E-state index contributed by atoms with van der Waals surface area (Å²) in [6.07, 6.45) is 3.87.